The normalized spacial score (nSPS) is 15.4. The molecule has 0 spiro atoms. The number of nitrogens with one attached hydrogen (secondary N) is 1. The van der Waals surface area contributed by atoms with E-state index < -0.39 is 0 Å². The number of rotatable bonds is 8. The van der Waals surface area contributed by atoms with Crippen LogP contribution in [-0.2, 0) is 13.0 Å². The molecule has 1 saturated carbocycles. The lowest BCUT2D eigenvalue weighted by Crippen LogP contribution is -2.25. The van der Waals surface area contributed by atoms with Gasteiger partial charge in [0, 0.05) is 19.1 Å². The van der Waals surface area contributed by atoms with E-state index in [2.05, 4.69) is 55.4 Å². The maximum atomic E-state index is 3.46. The van der Waals surface area contributed by atoms with Crippen molar-refractivity contribution in [3.63, 3.8) is 0 Å². The summed E-state index contributed by atoms with van der Waals surface area (Å²) in [7, 11) is 2.23. The monoisotopic (exact) mass is 260 g/mol. The second kappa shape index (κ2) is 7.06. The van der Waals surface area contributed by atoms with Gasteiger partial charge in [0.15, 0.2) is 0 Å². The van der Waals surface area contributed by atoms with E-state index >= 15 is 0 Å². The van der Waals surface area contributed by atoms with E-state index in [0.29, 0.717) is 6.04 Å². The molecule has 2 rings (SSSR count). The van der Waals surface area contributed by atoms with Gasteiger partial charge in [0.1, 0.15) is 0 Å². The molecule has 0 unspecified atom stereocenters. The molecular weight excluding hydrogens is 232 g/mol. The van der Waals surface area contributed by atoms with E-state index in [0.717, 1.165) is 25.4 Å². The molecule has 0 aromatic heterocycles. The molecule has 0 saturated heterocycles. The summed E-state index contributed by atoms with van der Waals surface area (Å²) in [6.45, 7) is 7.80. The van der Waals surface area contributed by atoms with Gasteiger partial charge in [-0.2, -0.15) is 0 Å². The molecule has 0 heterocycles. The molecule has 1 aromatic carbocycles. The lowest BCUT2D eigenvalue weighted by Gasteiger charge is -2.16. The smallest absolute Gasteiger partial charge is 0.0230 e. The number of hydrogen-bond donors (Lipinski definition) is 1. The van der Waals surface area contributed by atoms with Gasteiger partial charge in [-0.15, -0.1) is 0 Å². The minimum Gasteiger partial charge on any atom is -0.314 e. The first kappa shape index (κ1) is 14.5. The molecule has 1 aromatic rings. The van der Waals surface area contributed by atoms with Crippen LogP contribution in [0.5, 0.6) is 0 Å². The van der Waals surface area contributed by atoms with E-state index in [9.17, 15) is 0 Å². The topological polar surface area (TPSA) is 15.3 Å². The largest absolute Gasteiger partial charge is 0.314 e. The molecule has 2 heteroatoms. The predicted molar refractivity (Wildman–Crippen MR) is 82.3 cm³/mol. The van der Waals surface area contributed by atoms with Crippen molar-refractivity contribution in [2.45, 2.75) is 45.7 Å². The van der Waals surface area contributed by atoms with E-state index in [4.69, 9.17) is 0 Å². The molecule has 1 aliphatic rings. The Morgan fingerprint density at radius 1 is 1.16 bits per heavy atom. The predicted octanol–water partition coefficient (Wildman–Crippen LogP) is 3.07. The molecule has 106 valence electrons. The van der Waals surface area contributed by atoms with Gasteiger partial charge >= 0.3 is 0 Å². The summed E-state index contributed by atoms with van der Waals surface area (Å²) in [6.07, 6.45) is 3.99. The molecule has 0 aliphatic heterocycles. The van der Waals surface area contributed by atoms with E-state index in [-0.39, 0.29) is 0 Å². The Morgan fingerprint density at radius 2 is 1.79 bits per heavy atom. The number of nitrogens with zero attached hydrogens (tertiary/aromatic N) is 1. The molecule has 0 bridgehead atoms. The van der Waals surface area contributed by atoms with Gasteiger partial charge in [-0.25, -0.2) is 0 Å². The maximum Gasteiger partial charge on any atom is 0.0230 e. The highest BCUT2D eigenvalue weighted by molar-refractivity contribution is 5.22. The van der Waals surface area contributed by atoms with Gasteiger partial charge in [-0.1, -0.05) is 38.1 Å². The second-order valence-electron chi connectivity index (χ2n) is 6.32. The summed E-state index contributed by atoms with van der Waals surface area (Å²) in [5.74, 6) is 0.978. The van der Waals surface area contributed by atoms with Crippen LogP contribution in [0.3, 0.4) is 0 Å². The lowest BCUT2D eigenvalue weighted by atomic mass is 10.1. The van der Waals surface area contributed by atoms with Crippen LogP contribution < -0.4 is 5.32 Å². The number of hydrogen-bond acceptors (Lipinski definition) is 2. The minimum atomic E-state index is 0.579. The van der Waals surface area contributed by atoms with Crippen LogP contribution in [-0.4, -0.2) is 31.1 Å². The zero-order valence-corrected chi connectivity index (χ0v) is 12.7. The highest BCUT2D eigenvalue weighted by Gasteiger charge is 2.22. The van der Waals surface area contributed by atoms with Gasteiger partial charge in [-0.05, 0) is 49.9 Å². The van der Waals surface area contributed by atoms with Crippen LogP contribution in [0.4, 0.5) is 0 Å². The maximum absolute atomic E-state index is 3.46. The molecule has 1 fully saturated rings. The van der Waals surface area contributed by atoms with Crippen molar-refractivity contribution in [2.75, 3.05) is 20.1 Å². The van der Waals surface area contributed by atoms with Gasteiger partial charge in [-0.3, -0.25) is 0 Å². The van der Waals surface area contributed by atoms with Crippen molar-refractivity contribution in [1.82, 2.24) is 10.2 Å². The Bertz CT molecular complexity index is 365. The molecular formula is C17H28N2. The lowest BCUT2D eigenvalue weighted by molar-refractivity contribution is 0.313. The Kier molecular flexibility index (Phi) is 5.41. The summed E-state index contributed by atoms with van der Waals surface area (Å²) >= 11 is 0. The first-order chi connectivity index (χ1) is 9.13. The Morgan fingerprint density at radius 3 is 2.37 bits per heavy atom. The quantitative estimate of drug-likeness (QED) is 0.773. The molecule has 19 heavy (non-hydrogen) atoms. The van der Waals surface area contributed by atoms with Crippen molar-refractivity contribution in [3.8, 4) is 0 Å². The first-order valence-corrected chi connectivity index (χ1v) is 7.63. The van der Waals surface area contributed by atoms with Crippen LogP contribution in [0, 0.1) is 5.92 Å². The summed E-state index contributed by atoms with van der Waals surface area (Å²) in [5, 5.41) is 3.46. The van der Waals surface area contributed by atoms with Crippen LogP contribution in [0.1, 0.15) is 37.8 Å². The Labute approximate surface area is 118 Å². The van der Waals surface area contributed by atoms with Gasteiger partial charge < -0.3 is 10.2 Å². The zero-order valence-electron chi connectivity index (χ0n) is 12.7. The summed E-state index contributed by atoms with van der Waals surface area (Å²) in [5.41, 5.74) is 2.87. The van der Waals surface area contributed by atoms with Crippen LogP contribution >= 0.6 is 0 Å². The first-order valence-electron chi connectivity index (χ1n) is 7.63. The Hall–Kier alpha value is -0.860. The summed E-state index contributed by atoms with van der Waals surface area (Å²) < 4.78 is 0. The molecule has 0 atom stereocenters. The zero-order chi connectivity index (χ0) is 13.7. The summed E-state index contributed by atoms with van der Waals surface area (Å²) in [6, 6.07) is 9.71. The molecule has 1 aliphatic carbocycles. The molecule has 1 N–H and O–H groups in total. The average molecular weight is 260 g/mol. The van der Waals surface area contributed by atoms with Crippen LogP contribution in [0.2, 0.25) is 0 Å². The fourth-order valence-corrected chi connectivity index (χ4v) is 2.43. The average Bonchev–Trinajstić information content (AvgIpc) is 3.14. The molecule has 0 amide bonds. The third-order valence-electron chi connectivity index (χ3n) is 3.71. The van der Waals surface area contributed by atoms with Crippen molar-refractivity contribution in [2.24, 2.45) is 5.92 Å². The standard InChI is InChI=1S/C17H28N2/c1-14(2)18-11-10-15-4-6-16(7-5-15)12-19(3)13-17-8-9-17/h4-7,14,17-18H,8-13H2,1-3H3. The van der Waals surface area contributed by atoms with Crippen LogP contribution in [0.15, 0.2) is 24.3 Å². The second-order valence-corrected chi connectivity index (χ2v) is 6.32. The van der Waals surface area contributed by atoms with Crippen molar-refractivity contribution in [1.29, 1.82) is 0 Å². The van der Waals surface area contributed by atoms with Gasteiger partial charge in [0.05, 0.1) is 0 Å². The Balaban J connectivity index is 1.73. The SMILES string of the molecule is CC(C)NCCc1ccc(CN(C)CC2CC2)cc1. The van der Waals surface area contributed by atoms with E-state index in [1.165, 1.54) is 30.5 Å². The van der Waals surface area contributed by atoms with Crippen molar-refractivity contribution >= 4 is 0 Å². The van der Waals surface area contributed by atoms with Crippen molar-refractivity contribution < 1.29 is 0 Å². The fourth-order valence-electron chi connectivity index (χ4n) is 2.43. The van der Waals surface area contributed by atoms with Crippen LogP contribution in [0.25, 0.3) is 0 Å². The minimum absolute atomic E-state index is 0.579. The van der Waals surface area contributed by atoms with E-state index in [1.807, 2.05) is 0 Å². The third kappa shape index (κ3) is 5.75. The fraction of sp³-hybridized carbons (Fsp3) is 0.647. The summed E-state index contributed by atoms with van der Waals surface area (Å²) in [4.78, 5) is 2.45. The van der Waals surface area contributed by atoms with Gasteiger partial charge in [0.2, 0.25) is 0 Å². The molecule has 2 nitrogen and oxygen atoms in total. The third-order valence-corrected chi connectivity index (χ3v) is 3.71. The highest BCUT2D eigenvalue weighted by atomic mass is 15.1. The highest BCUT2D eigenvalue weighted by Crippen LogP contribution is 2.29. The number of benzene rings is 1. The molecule has 0 radical (unpaired) electrons. The van der Waals surface area contributed by atoms with Gasteiger partial charge in [0.25, 0.3) is 0 Å². The van der Waals surface area contributed by atoms with E-state index in [1.54, 1.807) is 0 Å². The van der Waals surface area contributed by atoms with Crippen molar-refractivity contribution in [3.05, 3.63) is 35.4 Å².